The summed E-state index contributed by atoms with van der Waals surface area (Å²) in [5.74, 6) is 1.29. The summed E-state index contributed by atoms with van der Waals surface area (Å²) in [4.78, 5) is 12.3. The van der Waals surface area contributed by atoms with Crippen LogP contribution in [0.4, 0.5) is 5.69 Å². The normalized spacial score (nSPS) is 10.6. The first-order valence-electron chi connectivity index (χ1n) is 7.40. The maximum atomic E-state index is 12.3. The van der Waals surface area contributed by atoms with Crippen molar-refractivity contribution in [1.82, 2.24) is 0 Å². The van der Waals surface area contributed by atoms with E-state index in [-0.39, 0.29) is 5.57 Å². The quantitative estimate of drug-likeness (QED) is 0.646. The summed E-state index contributed by atoms with van der Waals surface area (Å²) in [6.07, 6.45) is 1.47. The molecule has 6 nitrogen and oxygen atoms in total. The van der Waals surface area contributed by atoms with Gasteiger partial charge in [0.05, 0.1) is 21.3 Å². The van der Waals surface area contributed by atoms with Crippen molar-refractivity contribution in [2.45, 2.75) is 0 Å². The number of nitrogens with zero attached hydrogens (tertiary/aromatic N) is 1. The summed E-state index contributed by atoms with van der Waals surface area (Å²) >= 11 is 0. The average molecular weight is 338 g/mol. The second-order valence-corrected chi connectivity index (χ2v) is 4.96. The maximum Gasteiger partial charge on any atom is 0.266 e. The lowest BCUT2D eigenvalue weighted by atomic mass is 10.1. The molecule has 0 spiro atoms. The fourth-order valence-corrected chi connectivity index (χ4v) is 2.11. The van der Waals surface area contributed by atoms with Gasteiger partial charge in [-0.25, -0.2) is 0 Å². The van der Waals surface area contributed by atoms with Crippen LogP contribution < -0.4 is 19.5 Å². The highest BCUT2D eigenvalue weighted by Gasteiger charge is 2.12. The van der Waals surface area contributed by atoms with E-state index in [2.05, 4.69) is 5.32 Å². The topological polar surface area (TPSA) is 80.6 Å². The zero-order valence-corrected chi connectivity index (χ0v) is 14.2. The van der Waals surface area contributed by atoms with Gasteiger partial charge in [0.2, 0.25) is 0 Å². The maximum absolute atomic E-state index is 12.3. The zero-order chi connectivity index (χ0) is 18.2. The Kier molecular flexibility index (Phi) is 6.02. The summed E-state index contributed by atoms with van der Waals surface area (Å²) in [5, 5.41) is 12.0. The summed E-state index contributed by atoms with van der Waals surface area (Å²) in [6, 6.07) is 13.9. The molecule has 0 bridgehead atoms. The van der Waals surface area contributed by atoms with Crippen molar-refractivity contribution < 1.29 is 19.0 Å². The van der Waals surface area contributed by atoms with Crippen molar-refractivity contribution in [3.63, 3.8) is 0 Å². The van der Waals surface area contributed by atoms with E-state index in [0.717, 1.165) is 0 Å². The van der Waals surface area contributed by atoms with Crippen LogP contribution >= 0.6 is 0 Å². The molecule has 0 unspecified atom stereocenters. The van der Waals surface area contributed by atoms with E-state index in [1.165, 1.54) is 13.2 Å². The Morgan fingerprint density at radius 1 is 1.00 bits per heavy atom. The van der Waals surface area contributed by atoms with Gasteiger partial charge in [0.15, 0.2) is 0 Å². The monoisotopic (exact) mass is 338 g/mol. The Balaban J connectivity index is 2.24. The molecule has 0 fully saturated rings. The third kappa shape index (κ3) is 4.52. The van der Waals surface area contributed by atoms with Gasteiger partial charge in [-0.05, 0) is 42.5 Å². The Morgan fingerprint density at radius 2 is 1.64 bits per heavy atom. The van der Waals surface area contributed by atoms with Crippen LogP contribution in [0.15, 0.2) is 48.0 Å². The predicted molar refractivity (Wildman–Crippen MR) is 94.8 cm³/mol. The number of ether oxygens (including phenoxy) is 3. The molecule has 1 amide bonds. The van der Waals surface area contributed by atoms with Crippen molar-refractivity contribution in [3.05, 3.63) is 53.6 Å². The molecular formula is C19H18N2O4. The molecule has 2 aromatic rings. The standard InChI is InChI=1S/C19H18N2O4/c1-23-16-8-5-15(6-9-16)21-19(22)14(12-20)10-13-4-7-17(24-2)11-18(13)25-3/h4-11H,1-3H3,(H,21,22). The third-order valence-corrected chi connectivity index (χ3v) is 3.45. The van der Waals surface area contributed by atoms with Gasteiger partial charge in [-0.1, -0.05) is 0 Å². The van der Waals surface area contributed by atoms with Crippen molar-refractivity contribution in [2.24, 2.45) is 0 Å². The van der Waals surface area contributed by atoms with E-state index in [1.807, 2.05) is 6.07 Å². The first-order valence-corrected chi connectivity index (χ1v) is 7.40. The molecular weight excluding hydrogens is 320 g/mol. The van der Waals surface area contributed by atoms with Crippen LogP contribution in [0.5, 0.6) is 17.2 Å². The molecule has 128 valence electrons. The first-order chi connectivity index (χ1) is 12.1. The molecule has 0 saturated carbocycles. The van der Waals surface area contributed by atoms with Gasteiger partial charge in [0.25, 0.3) is 5.91 Å². The number of benzene rings is 2. The lowest BCUT2D eigenvalue weighted by Gasteiger charge is -2.09. The predicted octanol–water partition coefficient (Wildman–Crippen LogP) is 3.26. The Labute approximate surface area is 146 Å². The van der Waals surface area contributed by atoms with E-state index >= 15 is 0 Å². The second-order valence-electron chi connectivity index (χ2n) is 4.96. The van der Waals surface area contributed by atoms with Crippen LogP contribution in [0.25, 0.3) is 6.08 Å². The van der Waals surface area contributed by atoms with Crippen LogP contribution in [-0.4, -0.2) is 27.2 Å². The van der Waals surface area contributed by atoms with Gasteiger partial charge >= 0.3 is 0 Å². The van der Waals surface area contributed by atoms with Crippen molar-refractivity contribution in [2.75, 3.05) is 26.6 Å². The SMILES string of the molecule is COc1ccc(NC(=O)C(C#N)=Cc2ccc(OC)cc2OC)cc1. The highest BCUT2D eigenvalue weighted by atomic mass is 16.5. The Bertz CT molecular complexity index is 820. The zero-order valence-electron chi connectivity index (χ0n) is 14.2. The van der Waals surface area contributed by atoms with Crippen molar-refractivity contribution in [3.8, 4) is 23.3 Å². The van der Waals surface area contributed by atoms with E-state index in [9.17, 15) is 10.1 Å². The van der Waals surface area contributed by atoms with E-state index in [0.29, 0.717) is 28.5 Å². The van der Waals surface area contributed by atoms with Gasteiger partial charge in [-0.3, -0.25) is 4.79 Å². The van der Waals surface area contributed by atoms with Gasteiger partial charge < -0.3 is 19.5 Å². The number of hydrogen-bond acceptors (Lipinski definition) is 5. The average Bonchev–Trinajstić information content (AvgIpc) is 2.66. The molecule has 25 heavy (non-hydrogen) atoms. The summed E-state index contributed by atoms with van der Waals surface area (Å²) in [6.45, 7) is 0. The summed E-state index contributed by atoms with van der Waals surface area (Å²) in [7, 11) is 4.62. The minimum atomic E-state index is -0.509. The van der Waals surface area contributed by atoms with Crippen LogP contribution in [-0.2, 0) is 4.79 Å². The van der Waals surface area contributed by atoms with E-state index < -0.39 is 5.91 Å². The summed E-state index contributed by atoms with van der Waals surface area (Å²) < 4.78 is 15.5. The number of hydrogen-bond donors (Lipinski definition) is 1. The number of carbonyl (C=O) groups excluding carboxylic acids is 1. The van der Waals surface area contributed by atoms with Crippen molar-refractivity contribution in [1.29, 1.82) is 5.26 Å². The lowest BCUT2D eigenvalue weighted by Crippen LogP contribution is -2.13. The fourth-order valence-electron chi connectivity index (χ4n) is 2.11. The minimum absolute atomic E-state index is 0.0423. The molecule has 6 heteroatoms. The van der Waals surface area contributed by atoms with E-state index in [1.54, 1.807) is 56.7 Å². The molecule has 0 saturated heterocycles. The molecule has 0 radical (unpaired) electrons. The van der Waals surface area contributed by atoms with Crippen LogP contribution in [0.1, 0.15) is 5.56 Å². The Morgan fingerprint density at radius 3 is 2.20 bits per heavy atom. The van der Waals surface area contributed by atoms with E-state index in [4.69, 9.17) is 14.2 Å². The molecule has 0 aliphatic rings. The second kappa shape index (κ2) is 8.41. The summed E-state index contributed by atoms with van der Waals surface area (Å²) in [5.41, 5.74) is 1.12. The fraction of sp³-hybridized carbons (Fsp3) is 0.158. The van der Waals surface area contributed by atoms with Gasteiger partial charge in [-0.15, -0.1) is 0 Å². The molecule has 1 N–H and O–H groups in total. The highest BCUT2D eigenvalue weighted by Crippen LogP contribution is 2.26. The molecule has 0 atom stereocenters. The number of carbonyl (C=O) groups is 1. The highest BCUT2D eigenvalue weighted by molar-refractivity contribution is 6.09. The van der Waals surface area contributed by atoms with Gasteiger partial charge in [0.1, 0.15) is 28.9 Å². The third-order valence-electron chi connectivity index (χ3n) is 3.45. The number of amides is 1. The molecule has 0 aliphatic carbocycles. The van der Waals surface area contributed by atoms with Gasteiger partial charge in [0, 0.05) is 17.3 Å². The number of methoxy groups -OCH3 is 3. The Hall–Kier alpha value is -3.46. The molecule has 0 aliphatic heterocycles. The lowest BCUT2D eigenvalue weighted by molar-refractivity contribution is -0.112. The van der Waals surface area contributed by atoms with Crippen LogP contribution in [0.2, 0.25) is 0 Å². The number of nitriles is 1. The molecule has 2 rings (SSSR count). The number of rotatable bonds is 6. The van der Waals surface area contributed by atoms with Crippen LogP contribution in [0.3, 0.4) is 0 Å². The largest absolute Gasteiger partial charge is 0.497 e. The minimum Gasteiger partial charge on any atom is -0.497 e. The van der Waals surface area contributed by atoms with Crippen LogP contribution in [0, 0.1) is 11.3 Å². The van der Waals surface area contributed by atoms with Crippen molar-refractivity contribution >= 4 is 17.7 Å². The first kappa shape index (κ1) is 17.9. The van der Waals surface area contributed by atoms with Gasteiger partial charge in [-0.2, -0.15) is 5.26 Å². The molecule has 2 aromatic carbocycles. The number of anilines is 1. The number of nitrogens with one attached hydrogen (secondary N) is 1. The molecule has 0 aromatic heterocycles. The molecule has 0 heterocycles. The smallest absolute Gasteiger partial charge is 0.266 e.